The molecular formula is C30H32O4. The van der Waals surface area contributed by atoms with E-state index in [9.17, 15) is 20.4 Å². The summed E-state index contributed by atoms with van der Waals surface area (Å²) in [5, 5.41) is 39.7. The molecule has 0 spiro atoms. The zero-order valence-electron chi connectivity index (χ0n) is 20.1. The minimum atomic E-state index is 0.313. The zero-order valence-corrected chi connectivity index (χ0v) is 20.1. The first-order valence-electron chi connectivity index (χ1n) is 11.3. The van der Waals surface area contributed by atoms with Crippen LogP contribution in [-0.2, 0) is 12.8 Å². The Hall–Kier alpha value is -3.92. The molecule has 0 fully saturated rings. The number of benzene rings is 4. The van der Waals surface area contributed by atoms with Crippen LogP contribution >= 0.6 is 0 Å². The summed E-state index contributed by atoms with van der Waals surface area (Å²) < 4.78 is 0. The van der Waals surface area contributed by atoms with Gasteiger partial charge in [-0.2, -0.15) is 0 Å². The topological polar surface area (TPSA) is 80.9 Å². The largest absolute Gasteiger partial charge is 0.507 e. The molecule has 176 valence electrons. The summed E-state index contributed by atoms with van der Waals surface area (Å²) in [5.74, 6) is 1.25. The summed E-state index contributed by atoms with van der Waals surface area (Å²) in [6.45, 7) is 7.48. The maximum atomic E-state index is 9.94. The molecule has 4 N–H and O–H groups in total. The monoisotopic (exact) mass is 456 g/mol. The van der Waals surface area contributed by atoms with E-state index in [0.29, 0.717) is 35.8 Å². The van der Waals surface area contributed by atoms with Crippen molar-refractivity contribution in [3.8, 4) is 23.0 Å². The smallest absolute Gasteiger partial charge is 0.122 e. The molecule has 0 bridgehead atoms. The third-order valence-electron chi connectivity index (χ3n) is 6.05. The summed E-state index contributed by atoms with van der Waals surface area (Å²) in [7, 11) is 0. The van der Waals surface area contributed by atoms with Gasteiger partial charge in [0.1, 0.15) is 23.0 Å². The highest BCUT2D eigenvalue weighted by Crippen LogP contribution is 2.30. The normalized spacial score (nSPS) is 10.5. The van der Waals surface area contributed by atoms with Gasteiger partial charge in [0.2, 0.25) is 0 Å². The fraction of sp³-hybridized carbons (Fsp3) is 0.200. The Morgan fingerprint density at radius 3 is 0.794 bits per heavy atom. The van der Waals surface area contributed by atoms with E-state index < -0.39 is 0 Å². The quantitative estimate of drug-likeness (QED) is 0.278. The van der Waals surface area contributed by atoms with E-state index >= 15 is 0 Å². The Morgan fingerprint density at radius 2 is 0.588 bits per heavy atom. The second-order valence-electron chi connectivity index (χ2n) is 8.68. The van der Waals surface area contributed by atoms with Crippen molar-refractivity contribution < 1.29 is 20.4 Å². The zero-order chi connectivity index (χ0) is 24.8. The van der Waals surface area contributed by atoms with Crippen LogP contribution in [0.1, 0.15) is 44.5 Å². The van der Waals surface area contributed by atoms with Gasteiger partial charge in [0.15, 0.2) is 0 Å². The maximum Gasteiger partial charge on any atom is 0.122 e. The van der Waals surface area contributed by atoms with Gasteiger partial charge in [-0.3, -0.25) is 0 Å². The predicted octanol–water partition coefficient (Wildman–Crippen LogP) is 6.61. The number of hydrogen-bond acceptors (Lipinski definition) is 4. The van der Waals surface area contributed by atoms with Gasteiger partial charge in [-0.05, 0) is 72.2 Å². The molecule has 4 aromatic rings. The number of phenolic OH excluding ortho intramolecular Hbond substituents is 4. The molecule has 4 heteroatoms. The average molecular weight is 457 g/mol. The highest BCUT2D eigenvalue weighted by molar-refractivity contribution is 5.48. The van der Waals surface area contributed by atoms with Gasteiger partial charge in [0.25, 0.3) is 0 Å². The molecule has 4 nitrogen and oxygen atoms in total. The fourth-order valence-electron chi connectivity index (χ4n) is 3.86. The SMILES string of the molecule is Cc1cccc(Cc2cccc(C)c2O)c1O.Cc1cccc(Cc2cccc(C)c2O)c1O. The Kier molecular flexibility index (Phi) is 7.85. The molecule has 4 rings (SSSR count). The molecule has 0 aromatic heterocycles. The molecule has 0 radical (unpaired) electrons. The van der Waals surface area contributed by atoms with E-state index in [2.05, 4.69) is 0 Å². The first-order valence-corrected chi connectivity index (χ1v) is 11.3. The Labute approximate surface area is 201 Å². The third-order valence-corrected chi connectivity index (χ3v) is 6.05. The van der Waals surface area contributed by atoms with Crippen molar-refractivity contribution in [2.75, 3.05) is 0 Å². The Bertz CT molecular complexity index is 1090. The molecular weight excluding hydrogens is 424 g/mol. The average Bonchev–Trinajstić information content (AvgIpc) is 2.81. The van der Waals surface area contributed by atoms with Crippen LogP contribution in [0.25, 0.3) is 0 Å². The van der Waals surface area contributed by atoms with Crippen LogP contribution in [0.15, 0.2) is 72.8 Å². The van der Waals surface area contributed by atoms with Crippen LogP contribution in [0.5, 0.6) is 23.0 Å². The second kappa shape index (κ2) is 10.8. The fourth-order valence-corrected chi connectivity index (χ4v) is 3.86. The standard InChI is InChI=1S/2C15H16O2/c2*1-10-5-3-7-12(14(10)16)9-13-8-4-6-11(2)15(13)17/h2*3-8,16-17H,9H2,1-2H3. The van der Waals surface area contributed by atoms with Crippen LogP contribution in [0.4, 0.5) is 0 Å². The predicted molar refractivity (Wildman–Crippen MR) is 137 cm³/mol. The summed E-state index contributed by atoms with van der Waals surface area (Å²) >= 11 is 0. The van der Waals surface area contributed by atoms with Crippen LogP contribution in [-0.4, -0.2) is 20.4 Å². The lowest BCUT2D eigenvalue weighted by molar-refractivity contribution is 0.458. The van der Waals surface area contributed by atoms with E-state index in [4.69, 9.17) is 0 Å². The van der Waals surface area contributed by atoms with E-state index in [1.54, 1.807) is 0 Å². The molecule has 0 aliphatic rings. The van der Waals surface area contributed by atoms with Crippen molar-refractivity contribution in [3.63, 3.8) is 0 Å². The van der Waals surface area contributed by atoms with Gasteiger partial charge < -0.3 is 20.4 Å². The summed E-state index contributed by atoms with van der Waals surface area (Å²) in [6, 6.07) is 22.7. The van der Waals surface area contributed by atoms with E-state index in [1.807, 2.05) is 100 Å². The molecule has 34 heavy (non-hydrogen) atoms. The van der Waals surface area contributed by atoms with Crippen LogP contribution < -0.4 is 0 Å². The Morgan fingerprint density at radius 1 is 0.382 bits per heavy atom. The minimum absolute atomic E-state index is 0.313. The van der Waals surface area contributed by atoms with Crippen molar-refractivity contribution >= 4 is 0 Å². The first-order chi connectivity index (χ1) is 16.2. The number of hydrogen-bond donors (Lipinski definition) is 4. The molecule has 0 aliphatic carbocycles. The second-order valence-corrected chi connectivity index (χ2v) is 8.68. The van der Waals surface area contributed by atoms with Gasteiger partial charge in [-0.25, -0.2) is 0 Å². The van der Waals surface area contributed by atoms with E-state index in [0.717, 1.165) is 44.5 Å². The van der Waals surface area contributed by atoms with Crippen molar-refractivity contribution in [2.45, 2.75) is 40.5 Å². The molecule has 0 saturated heterocycles. The lowest BCUT2D eigenvalue weighted by Crippen LogP contribution is -1.92. The summed E-state index contributed by atoms with van der Waals surface area (Å²) in [5.41, 5.74) is 6.78. The van der Waals surface area contributed by atoms with Crippen molar-refractivity contribution in [1.29, 1.82) is 0 Å². The lowest BCUT2D eigenvalue weighted by Gasteiger charge is -2.09. The Balaban J connectivity index is 0.000000191. The van der Waals surface area contributed by atoms with Crippen molar-refractivity contribution in [1.82, 2.24) is 0 Å². The number of aromatic hydroxyl groups is 4. The first kappa shape index (κ1) is 24.7. The van der Waals surface area contributed by atoms with E-state index in [1.165, 1.54) is 0 Å². The number of rotatable bonds is 4. The van der Waals surface area contributed by atoms with E-state index in [-0.39, 0.29) is 0 Å². The van der Waals surface area contributed by atoms with Crippen LogP contribution in [0.3, 0.4) is 0 Å². The third kappa shape index (κ3) is 5.70. The molecule has 0 aliphatic heterocycles. The highest BCUT2D eigenvalue weighted by atomic mass is 16.3. The van der Waals surface area contributed by atoms with Gasteiger partial charge in [0.05, 0.1) is 0 Å². The molecule has 0 saturated carbocycles. The summed E-state index contributed by atoms with van der Waals surface area (Å²) in [4.78, 5) is 0. The van der Waals surface area contributed by atoms with Gasteiger partial charge in [0, 0.05) is 12.8 Å². The molecule has 0 heterocycles. The number of phenols is 4. The minimum Gasteiger partial charge on any atom is -0.507 e. The molecule has 0 atom stereocenters. The van der Waals surface area contributed by atoms with Gasteiger partial charge in [-0.1, -0.05) is 72.8 Å². The number of para-hydroxylation sites is 4. The highest BCUT2D eigenvalue weighted by Gasteiger charge is 2.10. The maximum absolute atomic E-state index is 9.94. The van der Waals surface area contributed by atoms with Crippen LogP contribution in [0.2, 0.25) is 0 Å². The van der Waals surface area contributed by atoms with Crippen molar-refractivity contribution in [2.24, 2.45) is 0 Å². The lowest BCUT2D eigenvalue weighted by atomic mass is 9.99. The molecule has 0 unspecified atom stereocenters. The molecule has 4 aromatic carbocycles. The summed E-state index contributed by atoms with van der Waals surface area (Å²) in [6.07, 6.45) is 1.09. The van der Waals surface area contributed by atoms with Crippen molar-refractivity contribution in [3.05, 3.63) is 117 Å². The molecule has 0 amide bonds. The van der Waals surface area contributed by atoms with Gasteiger partial charge in [-0.15, -0.1) is 0 Å². The van der Waals surface area contributed by atoms with Crippen LogP contribution in [0, 0.1) is 27.7 Å². The number of aryl methyl sites for hydroxylation is 4. The van der Waals surface area contributed by atoms with Gasteiger partial charge >= 0.3 is 0 Å².